The molecule has 6 nitrogen and oxygen atoms in total. The molecule has 186 valence electrons. The summed E-state index contributed by atoms with van der Waals surface area (Å²) in [7, 11) is 0. The van der Waals surface area contributed by atoms with Crippen LogP contribution in [0.2, 0.25) is 0 Å². The number of rotatable bonds is 7. The minimum atomic E-state index is -0.155. The van der Waals surface area contributed by atoms with Crippen molar-refractivity contribution in [1.82, 2.24) is 15.0 Å². The van der Waals surface area contributed by atoms with Crippen LogP contribution in [0.5, 0.6) is 0 Å². The van der Waals surface area contributed by atoms with Crippen LogP contribution < -0.4 is 10.2 Å². The first kappa shape index (κ1) is 24.3. The summed E-state index contributed by atoms with van der Waals surface area (Å²) in [6.07, 6.45) is 0. The molecule has 1 heterocycles. The zero-order valence-electron chi connectivity index (χ0n) is 21.7. The number of aromatic nitrogens is 3. The standard InChI is InChI=1S/C31H31N5O/c1-5-35(6-2)26-16-17-30(22(4)18-26)36-33-28-19-21(3)27(20-29(28)34-36)32-31(37)25-14-12-24(13-15-25)23-10-8-7-9-11-23/h7-20H,5-6H2,1-4H3,(H,32,37). The second-order valence-electron chi connectivity index (χ2n) is 9.19. The van der Waals surface area contributed by atoms with E-state index in [1.54, 1.807) is 4.80 Å². The fourth-order valence-electron chi connectivity index (χ4n) is 4.60. The summed E-state index contributed by atoms with van der Waals surface area (Å²) in [4.78, 5) is 17.0. The number of carbonyl (C=O) groups is 1. The molecule has 5 rings (SSSR count). The van der Waals surface area contributed by atoms with Crippen LogP contribution in [0.25, 0.3) is 27.8 Å². The van der Waals surface area contributed by atoms with Crippen LogP contribution in [0, 0.1) is 13.8 Å². The molecule has 0 bridgehead atoms. The van der Waals surface area contributed by atoms with Crippen molar-refractivity contribution in [2.24, 2.45) is 0 Å². The molecule has 37 heavy (non-hydrogen) atoms. The Balaban J connectivity index is 1.38. The average molecular weight is 490 g/mol. The van der Waals surface area contributed by atoms with Gasteiger partial charge in [0.15, 0.2) is 0 Å². The number of hydrogen-bond acceptors (Lipinski definition) is 4. The molecular weight excluding hydrogens is 458 g/mol. The van der Waals surface area contributed by atoms with Crippen molar-refractivity contribution in [2.75, 3.05) is 23.3 Å². The van der Waals surface area contributed by atoms with Crippen molar-refractivity contribution >= 4 is 28.3 Å². The third-order valence-corrected chi connectivity index (χ3v) is 6.75. The van der Waals surface area contributed by atoms with E-state index in [0.29, 0.717) is 5.56 Å². The molecule has 0 fully saturated rings. The maximum atomic E-state index is 13.0. The van der Waals surface area contributed by atoms with Crippen LogP contribution in [0.4, 0.5) is 11.4 Å². The molecule has 1 amide bonds. The van der Waals surface area contributed by atoms with Gasteiger partial charge in [-0.2, -0.15) is 4.80 Å². The summed E-state index contributed by atoms with van der Waals surface area (Å²) < 4.78 is 0. The Morgan fingerprint density at radius 2 is 1.43 bits per heavy atom. The van der Waals surface area contributed by atoms with Crippen LogP contribution in [0.1, 0.15) is 35.3 Å². The maximum Gasteiger partial charge on any atom is 0.255 e. The normalized spacial score (nSPS) is 11.0. The smallest absolute Gasteiger partial charge is 0.255 e. The molecule has 0 aliphatic carbocycles. The van der Waals surface area contributed by atoms with Crippen LogP contribution in [-0.2, 0) is 0 Å². The van der Waals surface area contributed by atoms with Gasteiger partial charge in [-0.15, -0.1) is 10.2 Å². The SMILES string of the molecule is CCN(CC)c1ccc(-n2nc3cc(C)c(NC(=O)c4ccc(-c5ccccc5)cc4)cc3n2)c(C)c1. The van der Waals surface area contributed by atoms with Crippen LogP contribution in [0.15, 0.2) is 84.9 Å². The molecule has 0 unspecified atom stereocenters. The first-order chi connectivity index (χ1) is 18.0. The van der Waals surface area contributed by atoms with Crippen molar-refractivity contribution in [3.63, 3.8) is 0 Å². The number of fused-ring (bicyclic) bond motifs is 1. The van der Waals surface area contributed by atoms with E-state index >= 15 is 0 Å². The summed E-state index contributed by atoms with van der Waals surface area (Å²) in [5.74, 6) is -0.155. The topological polar surface area (TPSA) is 63.1 Å². The fourth-order valence-corrected chi connectivity index (χ4v) is 4.60. The number of anilines is 2. The summed E-state index contributed by atoms with van der Waals surface area (Å²) in [5, 5.41) is 12.5. The molecule has 0 atom stereocenters. The van der Waals surface area contributed by atoms with E-state index in [0.717, 1.165) is 57.8 Å². The van der Waals surface area contributed by atoms with Gasteiger partial charge >= 0.3 is 0 Å². The predicted octanol–water partition coefficient (Wildman–Crippen LogP) is 6.80. The Morgan fingerprint density at radius 3 is 2.08 bits per heavy atom. The highest BCUT2D eigenvalue weighted by Gasteiger charge is 2.14. The third kappa shape index (κ3) is 4.96. The number of hydrogen-bond donors (Lipinski definition) is 1. The molecule has 0 aliphatic rings. The highest BCUT2D eigenvalue weighted by atomic mass is 16.1. The molecule has 0 radical (unpaired) electrons. The van der Waals surface area contributed by atoms with Gasteiger partial charge < -0.3 is 10.2 Å². The van der Waals surface area contributed by atoms with Gasteiger partial charge in [0.05, 0.1) is 5.69 Å². The second kappa shape index (κ2) is 10.3. The number of aryl methyl sites for hydroxylation is 2. The quantitative estimate of drug-likeness (QED) is 0.273. The van der Waals surface area contributed by atoms with Gasteiger partial charge in [-0.3, -0.25) is 4.79 Å². The molecule has 0 aliphatic heterocycles. The first-order valence-electron chi connectivity index (χ1n) is 12.7. The van der Waals surface area contributed by atoms with E-state index in [4.69, 9.17) is 10.2 Å². The van der Waals surface area contributed by atoms with E-state index in [9.17, 15) is 4.79 Å². The van der Waals surface area contributed by atoms with Gasteiger partial charge in [0.1, 0.15) is 11.0 Å². The number of benzene rings is 4. The van der Waals surface area contributed by atoms with E-state index in [1.165, 1.54) is 5.69 Å². The lowest BCUT2D eigenvalue weighted by molar-refractivity contribution is 0.102. The molecule has 0 saturated heterocycles. The van der Waals surface area contributed by atoms with Crippen molar-refractivity contribution in [3.8, 4) is 16.8 Å². The lowest BCUT2D eigenvalue weighted by Crippen LogP contribution is -2.21. The Kier molecular flexibility index (Phi) is 6.73. The molecule has 1 N–H and O–H groups in total. The summed E-state index contributed by atoms with van der Waals surface area (Å²) >= 11 is 0. The minimum absolute atomic E-state index is 0.155. The van der Waals surface area contributed by atoms with Crippen LogP contribution in [-0.4, -0.2) is 34.0 Å². The lowest BCUT2D eigenvalue weighted by Gasteiger charge is -2.22. The van der Waals surface area contributed by atoms with E-state index in [2.05, 4.69) is 61.3 Å². The third-order valence-electron chi connectivity index (χ3n) is 6.75. The van der Waals surface area contributed by atoms with Crippen LogP contribution >= 0.6 is 0 Å². The molecule has 1 aromatic heterocycles. The summed E-state index contributed by atoms with van der Waals surface area (Å²) in [5.41, 5.74) is 9.22. The average Bonchev–Trinajstić information content (AvgIpc) is 3.32. The number of amides is 1. The maximum absolute atomic E-state index is 13.0. The molecule has 0 saturated carbocycles. The number of nitrogens with zero attached hydrogens (tertiary/aromatic N) is 4. The summed E-state index contributed by atoms with van der Waals surface area (Å²) in [6.45, 7) is 10.3. The lowest BCUT2D eigenvalue weighted by atomic mass is 10.0. The van der Waals surface area contributed by atoms with Crippen LogP contribution in [0.3, 0.4) is 0 Å². The van der Waals surface area contributed by atoms with E-state index < -0.39 is 0 Å². The van der Waals surface area contributed by atoms with Crippen molar-refractivity contribution in [3.05, 3.63) is 102 Å². The molecule has 0 spiro atoms. The molecule has 5 aromatic rings. The van der Waals surface area contributed by atoms with E-state index in [-0.39, 0.29) is 5.91 Å². The molecular formula is C31H31N5O. The van der Waals surface area contributed by atoms with E-state index in [1.807, 2.05) is 61.5 Å². The minimum Gasteiger partial charge on any atom is -0.372 e. The fraction of sp³-hybridized carbons (Fsp3) is 0.194. The predicted molar refractivity (Wildman–Crippen MR) is 152 cm³/mol. The molecule has 6 heteroatoms. The second-order valence-corrected chi connectivity index (χ2v) is 9.19. The van der Waals surface area contributed by atoms with Gasteiger partial charge in [0.2, 0.25) is 0 Å². The number of carbonyl (C=O) groups excluding carboxylic acids is 1. The van der Waals surface area contributed by atoms with Gasteiger partial charge in [-0.05, 0) is 92.4 Å². The van der Waals surface area contributed by atoms with Gasteiger partial charge in [-0.1, -0.05) is 42.5 Å². The highest BCUT2D eigenvalue weighted by molar-refractivity contribution is 6.05. The largest absolute Gasteiger partial charge is 0.372 e. The first-order valence-corrected chi connectivity index (χ1v) is 12.7. The summed E-state index contributed by atoms with van der Waals surface area (Å²) in [6, 6.07) is 28.0. The van der Waals surface area contributed by atoms with Crippen molar-refractivity contribution in [2.45, 2.75) is 27.7 Å². The monoisotopic (exact) mass is 489 g/mol. The van der Waals surface area contributed by atoms with Crippen molar-refractivity contribution in [1.29, 1.82) is 0 Å². The Hall–Kier alpha value is -4.45. The Bertz CT molecular complexity index is 1550. The van der Waals surface area contributed by atoms with Crippen molar-refractivity contribution < 1.29 is 4.79 Å². The highest BCUT2D eigenvalue weighted by Crippen LogP contribution is 2.26. The van der Waals surface area contributed by atoms with Gasteiger partial charge in [0, 0.05) is 30.0 Å². The Labute approximate surface area is 217 Å². The Morgan fingerprint density at radius 1 is 0.784 bits per heavy atom. The molecule has 4 aromatic carbocycles. The zero-order chi connectivity index (χ0) is 25.9. The number of nitrogens with one attached hydrogen (secondary N) is 1. The van der Waals surface area contributed by atoms with Gasteiger partial charge in [-0.25, -0.2) is 0 Å². The zero-order valence-corrected chi connectivity index (χ0v) is 21.7. The van der Waals surface area contributed by atoms with Gasteiger partial charge in [0.25, 0.3) is 5.91 Å².